The van der Waals surface area contributed by atoms with Gasteiger partial charge < -0.3 is 10.1 Å². The fourth-order valence-corrected chi connectivity index (χ4v) is 3.66. The molecular formula is C15H26N4O. The third kappa shape index (κ3) is 2.88. The summed E-state index contributed by atoms with van der Waals surface area (Å²) in [6.45, 7) is 4.90. The number of nitrogens with one attached hydrogen (secondary N) is 1. The molecule has 1 aliphatic carbocycles. The van der Waals surface area contributed by atoms with Crippen LogP contribution >= 0.6 is 0 Å². The summed E-state index contributed by atoms with van der Waals surface area (Å²) in [4.78, 5) is 4.43. The van der Waals surface area contributed by atoms with Gasteiger partial charge in [-0.05, 0) is 38.6 Å². The van der Waals surface area contributed by atoms with Crippen molar-refractivity contribution >= 4 is 0 Å². The Morgan fingerprint density at radius 1 is 1.45 bits per heavy atom. The summed E-state index contributed by atoms with van der Waals surface area (Å²) in [7, 11) is 0. The van der Waals surface area contributed by atoms with Gasteiger partial charge in [0, 0.05) is 6.61 Å². The molecule has 112 valence electrons. The highest BCUT2D eigenvalue weighted by Gasteiger charge is 2.41. The summed E-state index contributed by atoms with van der Waals surface area (Å²) < 4.78 is 8.26. The highest BCUT2D eigenvalue weighted by Crippen LogP contribution is 2.43. The second kappa shape index (κ2) is 6.22. The monoisotopic (exact) mass is 278 g/mol. The summed E-state index contributed by atoms with van der Waals surface area (Å²) in [5.74, 6) is 1.07. The molecule has 2 heterocycles. The Morgan fingerprint density at radius 3 is 3.10 bits per heavy atom. The van der Waals surface area contributed by atoms with Crippen LogP contribution in [0.2, 0.25) is 0 Å². The van der Waals surface area contributed by atoms with Gasteiger partial charge in [-0.2, -0.15) is 5.10 Å². The van der Waals surface area contributed by atoms with E-state index in [1.54, 1.807) is 6.33 Å². The second-order valence-corrected chi connectivity index (χ2v) is 6.18. The molecule has 2 aliphatic rings. The Kier molecular flexibility index (Phi) is 4.36. The van der Waals surface area contributed by atoms with Gasteiger partial charge in [-0.15, -0.1) is 0 Å². The molecule has 5 heteroatoms. The topological polar surface area (TPSA) is 52.0 Å². The van der Waals surface area contributed by atoms with E-state index in [2.05, 4.69) is 27.0 Å². The zero-order chi connectivity index (χ0) is 13.8. The van der Waals surface area contributed by atoms with Gasteiger partial charge >= 0.3 is 0 Å². The molecule has 0 bridgehead atoms. The van der Waals surface area contributed by atoms with E-state index >= 15 is 0 Å². The van der Waals surface area contributed by atoms with E-state index in [9.17, 15) is 0 Å². The van der Waals surface area contributed by atoms with Crippen LogP contribution in [0.1, 0.15) is 63.7 Å². The van der Waals surface area contributed by atoms with Crippen LogP contribution in [0.5, 0.6) is 0 Å². The first-order valence-corrected chi connectivity index (χ1v) is 8.06. The van der Waals surface area contributed by atoms with Gasteiger partial charge in [-0.1, -0.05) is 19.8 Å². The van der Waals surface area contributed by atoms with Crippen molar-refractivity contribution in [3.8, 4) is 0 Å². The first kappa shape index (κ1) is 14.0. The Morgan fingerprint density at radius 2 is 2.30 bits per heavy atom. The van der Waals surface area contributed by atoms with E-state index in [0.29, 0.717) is 6.04 Å². The van der Waals surface area contributed by atoms with Crippen LogP contribution in [0.4, 0.5) is 0 Å². The average Bonchev–Trinajstić information content (AvgIpc) is 3.09. The smallest absolute Gasteiger partial charge is 0.141 e. The second-order valence-electron chi connectivity index (χ2n) is 6.18. The number of hydrogen-bond donors (Lipinski definition) is 1. The van der Waals surface area contributed by atoms with Crippen LogP contribution in [0.3, 0.4) is 0 Å². The zero-order valence-corrected chi connectivity index (χ0v) is 12.5. The Labute approximate surface area is 121 Å². The highest BCUT2D eigenvalue weighted by atomic mass is 16.5. The molecule has 0 radical (unpaired) electrons. The van der Waals surface area contributed by atoms with Crippen molar-refractivity contribution in [1.82, 2.24) is 20.1 Å². The molecule has 20 heavy (non-hydrogen) atoms. The molecule has 0 amide bonds. The lowest BCUT2D eigenvalue weighted by Crippen LogP contribution is -2.39. The van der Waals surface area contributed by atoms with Crippen molar-refractivity contribution in [2.75, 3.05) is 13.2 Å². The average molecular weight is 278 g/mol. The highest BCUT2D eigenvalue weighted by molar-refractivity contribution is 4.96. The molecule has 5 nitrogen and oxygen atoms in total. The van der Waals surface area contributed by atoms with Crippen LogP contribution in [-0.2, 0) is 11.3 Å². The van der Waals surface area contributed by atoms with Crippen molar-refractivity contribution in [3.63, 3.8) is 0 Å². The summed E-state index contributed by atoms with van der Waals surface area (Å²) in [6.07, 6.45) is 10.1. The minimum Gasteiger partial charge on any atom is -0.375 e. The molecule has 1 atom stereocenters. The maximum Gasteiger partial charge on any atom is 0.141 e. The predicted molar refractivity (Wildman–Crippen MR) is 77.4 cm³/mol. The summed E-state index contributed by atoms with van der Waals surface area (Å²) in [5, 5.41) is 7.91. The van der Waals surface area contributed by atoms with Crippen LogP contribution in [0.25, 0.3) is 0 Å². The van der Waals surface area contributed by atoms with E-state index in [0.717, 1.165) is 44.8 Å². The minimum absolute atomic E-state index is 0.142. The van der Waals surface area contributed by atoms with Crippen LogP contribution in [-0.4, -0.2) is 33.5 Å². The lowest BCUT2D eigenvalue weighted by atomic mass is 9.89. The van der Waals surface area contributed by atoms with E-state index in [-0.39, 0.29) is 5.60 Å². The summed E-state index contributed by atoms with van der Waals surface area (Å²) in [6, 6.07) is 0.461. The molecule has 0 aromatic carbocycles. The molecule has 1 aromatic heterocycles. The summed E-state index contributed by atoms with van der Waals surface area (Å²) in [5.41, 5.74) is 0.142. The number of aromatic nitrogens is 3. The molecule has 2 fully saturated rings. The van der Waals surface area contributed by atoms with Gasteiger partial charge in [0.25, 0.3) is 0 Å². The quantitative estimate of drug-likeness (QED) is 0.841. The van der Waals surface area contributed by atoms with E-state index in [1.807, 2.05) is 0 Å². The SMILES string of the molecule is CCCNCc1ncnn1C1CCOC2(CCCC2)C1. The first-order chi connectivity index (χ1) is 9.83. The maximum absolute atomic E-state index is 6.12. The third-order valence-electron chi connectivity index (χ3n) is 4.68. The van der Waals surface area contributed by atoms with E-state index in [4.69, 9.17) is 4.74 Å². The van der Waals surface area contributed by atoms with Gasteiger partial charge in [-0.3, -0.25) is 0 Å². The van der Waals surface area contributed by atoms with Crippen LogP contribution in [0, 0.1) is 0 Å². The summed E-state index contributed by atoms with van der Waals surface area (Å²) >= 11 is 0. The molecular weight excluding hydrogens is 252 g/mol. The number of rotatable bonds is 5. The van der Waals surface area contributed by atoms with Gasteiger partial charge in [0.1, 0.15) is 12.2 Å². The molecule has 1 unspecified atom stereocenters. The van der Waals surface area contributed by atoms with Crippen molar-refractivity contribution in [1.29, 1.82) is 0 Å². The molecule has 1 spiro atoms. The zero-order valence-electron chi connectivity index (χ0n) is 12.5. The molecule has 1 saturated heterocycles. The number of hydrogen-bond acceptors (Lipinski definition) is 4. The molecule has 1 aromatic rings. The van der Waals surface area contributed by atoms with Crippen molar-refractivity contribution in [3.05, 3.63) is 12.2 Å². The predicted octanol–water partition coefficient (Wildman–Crippen LogP) is 2.44. The van der Waals surface area contributed by atoms with Crippen LogP contribution in [0.15, 0.2) is 6.33 Å². The Balaban J connectivity index is 1.67. The van der Waals surface area contributed by atoms with Crippen molar-refractivity contribution in [2.24, 2.45) is 0 Å². The fourth-order valence-electron chi connectivity index (χ4n) is 3.66. The lowest BCUT2D eigenvalue weighted by molar-refractivity contribution is -0.0913. The third-order valence-corrected chi connectivity index (χ3v) is 4.68. The van der Waals surface area contributed by atoms with Crippen molar-refractivity contribution < 1.29 is 4.74 Å². The lowest BCUT2D eigenvalue weighted by Gasteiger charge is -2.38. The van der Waals surface area contributed by atoms with Gasteiger partial charge in [-0.25, -0.2) is 9.67 Å². The normalized spacial score (nSPS) is 25.4. The molecule has 1 saturated carbocycles. The minimum atomic E-state index is 0.142. The number of ether oxygens (including phenoxy) is 1. The van der Waals surface area contributed by atoms with Crippen molar-refractivity contribution in [2.45, 2.75) is 70.1 Å². The Bertz CT molecular complexity index is 425. The fraction of sp³-hybridized carbons (Fsp3) is 0.867. The van der Waals surface area contributed by atoms with Gasteiger partial charge in [0.05, 0.1) is 18.2 Å². The Hall–Kier alpha value is -0.940. The van der Waals surface area contributed by atoms with Crippen LogP contribution < -0.4 is 5.32 Å². The standard InChI is InChI=1S/C15H26N4O/c1-2-8-16-11-14-17-12-18-19(14)13-5-9-20-15(10-13)6-3-4-7-15/h12-13,16H,2-11H2,1H3. The molecule has 1 N–H and O–H groups in total. The first-order valence-electron chi connectivity index (χ1n) is 8.06. The number of nitrogens with zero attached hydrogens (tertiary/aromatic N) is 3. The molecule has 1 aliphatic heterocycles. The van der Waals surface area contributed by atoms with Gasteiger partial charge in [0.2, 0.25) is 0 Å². The molecule has 3 rings (SSSR count). The maximum atomic E-state index is 6.12. The van der Waals surface area contributed by atoms with E-state index in [1.165, 1.54) is 25.7 Å². The van der Waals surface area contributed by atoms with Gasteiger partial charge in [0.15, 0.2) is 0 Å². The van der Waals surface area contributed by atoms with E-state index < -0.39 is 0 Å². The largest absolute Gasteiger partial charge is 0.375 e.